The summed E-state index contributed by atoms with van der Waals surface area (Å²) in [6.07, 6.45) is 11.7. The Balaban J connectivity index is 1.77. The van der Waals surface area contributed by atoms with E-state index in [2.05, 4.69) is 19.9 Å². The fraction of sp³-hybridized carbons (Fsp3) is 0.850. The smallest absolute Gasteiger partial charge is 0.126 e. The Morgan fingerprint density at radius 2 is 2.09 bits per heavy atom. The zero-order chi connectivity index (χ0) is 16.5. The van der Waals surface area contributed by atoms with Gasteiger partial charge in [-0.15, -0.1) is 0 Å². The Morgan fingerprint density at radius 1 is 1.30 bits per heavy atom. The summed E-state index contributed by atoms with van der Waals surface area (Å²) in [7, 11) is 0. The molecule has 3 heteroatoms. The van der Waals surface area contributed by atoms with Crippen LogP contribution in [0.1, 0.15) is 65.2 Å². The van der Waals surface area contributed by atoms with Gasteiger partial charge in [0, 0.05) is 5.41 Å². The van der Waals surface area contributed by atoms with Crippen molar-refractivity contribution in [3.05, 3.63) is 11.6 Å². The minimum Gasteiger partial charge on any atom is -0.393 e. The number of aldehydes is 1. The number of fused-ring (bicyclic) bond motifs is 3. The van der Waals surface area contributed by atoms with Crippen LogP contribution in [-0.4, -0.2) is 28.7 Å². The molecule has 0 aliphatic heterocycles. The molecule has 1 spiro atoms. The first kappa shape index (κ1) is 15.8. The molecule has 0 aromatic rings. The van der Waals surface area contributed by atoms with Gasteiger partial charge in [-0.25, -0.2) is 0 Å². The SMILES string of the molecule is CC1(C=O)CCCC2(C)C3=CCC4CC3(CCC12)CC4(O)CO. The summed E-state index contributed by atoms with van der Waals surface area (Å²) in [6.45, 7) is 4.42. The van der Waals surface area contributed by atoms with E-state index in [9.17, 15) is 15.0 Å². The maximum atomic E-state index is 11.9. The third-order valence-corrected chi connectivity index (χ3v) is 8.27. The molecule has 6 atom stereocenters. The van der Waals surface area contributed by atoms with E-state index in [0.29, 0.717) is 12.3 Å². The number of carbonyl (C=O) groups excluding carboxylic acids is 1. The van der Waals surface area contributed by atoms with Crippen molar-refractivity contribution in [2.24, 2.45) is 28.1 Å². The van der Waals surface area contributed by atoms with Crippen LogP contribution in [0.4, 0.5) is 0 Å². The Kier molecular flexibility index (Phi) is 3.23. The van der Waals surface area contributed by atoms with Crippen LogP contribution < -0.4 is 0 Å². The van der Waals surface area contributed by atoms with Crippen molar-refractivity contribution in [1.29, 1.82) is 0 Å². The van der Waals surface area contributed by atoms with Gasteiger partial charge in [-0.05, 0) is 67.6 Å². The summed E-state index contributed by atoms with van der Waals surface area (Å²) >= 11 is 0. The molecule has 0 heterocycles. The molecule has 0 amide bonds. The molecule has 4 rings (SSSR count). The Labute approximate surface area is 139 Å². The molecule has 0 aromatic carbocycles. The van der Waals surface area contributed by atoms with Crippen molar-refractivity contribution in [2.75, 3.05) is 6.61 Å². The lowest BCUT2D eigenvalue weighted by Crippen LogP contribution is -2.52. The Hall–Kier alpha value is -0.670. The Bertz CT molecular complexity index is 569. The maximum Gasteiger partial charge on any atom is 0.126 e. The second-order valence-corrected chi connectivity index (χ2v) is 9.46. The van der Waals surface area contributed by atoms with Crippen LogP contribution in [-0.2, 0) is 4.79 Å². The zero-order valence-corrected chi connectivity index (χ0v) is 14.5. The van der Waals surface area contributed by atoms with Crippen LogP contribution in [0.15, 0.2) is 11.6 Å². The van der Waals surface area contributed by atoms with Gasteiger partial charge in [-0.1, -0.05) is 31.9 Å². The van der Waals surface area contributed by atoms with E-state index < -0.39 is 5.60 Å². The largest absolute Gasteiger partial charge is 0.393 e. The molecule has 3 nitrogen and oxygen atoms in total. The maximum absolute atomic E-state index is 11.9. The van der Waals surface area contributed by atoms with Crippen molar-refractivity contribution in [2.45, 2.75) is 70.8 Å². The molecule has 6 unspecified atom stereocenters. The molecule has 3 fully saturated rings. The van der Waals surface area contributed by atoms with E-state index in [0.717, 1.165) is 44.9 Å². The minimum absolute atomic E-state index is 0.0762. The summed E-state index contributed by atoms with van der Waals surface area (Å²) < 4.78 is 0. The van der Waals surface area contributed by atoms with Crippen molar-refractivity contribution < 1.29 is 15.0 Å². The van der Waals surface area contributed by atoms with Gasteiger partial charge in [0.2, 0.25) is 0 Å². The second-order valence-electron chi connectivity index (χ2n) is 9.46. The third-order valence-electron chi connectivity index (χ3n) is 8.27. The molecule has 4 aliphatic rings. The summed E-state index contributed by atoms with van der Waals surface area (Å²) in [6, 6.07) is 0. The molecule has 2 bridgehead atoms. The predicted molar refractivity (Wildman–Crippen MR) is 88.7 cm³/mol. The lowest BCUT2D eigenvalue weighted by molar-refractivity contribution is -0.127. The van der Waals surface area contributed by atoms with Gasteiger partial charge in [-0.3, -0.25) is 0 Å². The average molecular weight is 318 g/mol. The number of carbonyl (C=O) groups is 1. The van der Waals surface area contributed by atoms with Gasteiger partial charge < -0.3 is 15.0 Å². The molecule has 2 N–H and O–H groups in total. The monoisotopic (exact) mass is 318 g/mol. The lowest BCUT2D eigenvalue weighted by atomic mass is 9.44. The van der Waals surface area contributed by atoms with Crippen LogP contribution in [0.3, 0.4) is 0 Å². The third kappa shape index (κ3) is 1.87. The number of aliphatic hydroxyl groups excluding tert-OH is 1. The predicted octanol–water partition coefficient (Wildman–Crippen LogP) is 3.24. The molecule has 3 saturated carbocycles. The van der Waals surface area contributed by atoms with Crippen molar-refractivity contribution in [3.63, 3.8) is 0 Å². The molecular weight excluding hydrogens is 288 g/mol. The number of hydrogen-bond donors (Lipinski definition) is 2. The van der Waals surface area contributed by atoms with Gasteiger partial charge in [0.25, 0.3) is 0 Å². The number of aliphatic hydroxyl groups is 2. The molecule has 0 saturated heterocycles. The lowest BCUT2D eigenvalue weighted by Gasteiger charge is -2.60. The first-order valence-electron chi connectivity index (χ1n) is 9.33. The molecule has 0 aromatic heterocycles. The highest BCUT2D eigenvalue weighted by molar-refractivity contribution is 5.60. The van der Waals surface area contributed by atoms with Gasteiger partial charge >= 0.3 is 0 Å². The molecule has 128 valence electrons. The fourth-order valence-electron chi connectivity index (χ4n) is 7.24. The first-order chi connectivity index (χ1) is 10.8. The van der Waals surface area contributed by atoms with Crippen molar-refractivity contribution in [1.82, 2.24) is 0 Å². The van der Waals surface area contributed by atoms with Crippen LogP contribution >= 0.6 is 0 Å². The van der Waals surface area contributed by atoms with E-state index in [1.54, 1.807) is 0 Å². The standard InChI is InChI=1S/C20H30O3/c1-17(12-21)7-3-8-18(2)15(17)6-9-19-10-14(4-5-16(18)19)20(23,11-19)13-22/h5,12,14-15,22-23H,3-4,6-11,13H2,1-2H3. The van der Waals surface area contributed by atoms with E-state index in [-0.39, 0.29) is 28.8 Å². The van der Waals surface area contributed by atoms with Crippen LogP contribution in [0.2, 0.25) is 0 Å². The highest BCUT2D eigenvalue weighted by Crippen LogP contribution is 2.70. The molecule has 0 radical (unpaired) electrons. The van der Waals surface area contributed by atoms with Gasteiger partial charge in [-0.2, -0.15) is 0 Å². The van der Waals surface area contributed by atoms with E-state index in [1.165, 1.54) is 11.9 Å². The van der Waals surface area contributed by atoms with Crippen molar-refractivity contribution in [3.8, 4) is 0 Å². The quantitative estimate of drug-likeness (QED) is 0.607. The van der Waals surface area contributed by atoms with Crippen molar-refractivity contribution >= 4 is 6.29 Å². The first-order valence-corrected chi connectivity index (χ1v) is 9.33. The Morgan fingerprint density at radius 3 is 2.78 bits per heavy atom. The molecule has 4 aliphatic carbocycles. The van der Waals surface area contributed by atoms with Crippen LogP contribution in [0.5, 0.6) is 0 Å². The average Bonchev–Trinajstić information content (AvgIpc) is 2.74. The zero-order valence-electron chi connectivity index (χ0n) is 14.5. The van der Waals surface area contributed by atoms with Gasteiger partial charge in [0.05, 0.1) is 12.2 Å². The summed E-state index contributed by atoms with van der Waals surface area (Å²) in [5, 5.41) is 20.7. The normalized spacial score (nSPS) is 54.9. The van der Waals surface area contributed by atoms with Gasteiger partial charge in [0.15, 0.2) is 0 Å². The summed E-state index contributed by atoms with van der Waals surface area (Å²) in [5.41, 5.74) is 0.599. The second kappa shape index (κ2) is 4.70. The number of allylic oxidation sites excluding steroid dienone is 2. The van der Waals surface area contributed by atoms with E-state index in [1.807, 2.05) is 0 Å². The molecular formula is C20H30O3. The molecule has 23 heavy (non-hydrogen) atoms. The van der Waals surface area contributed by atoms with E-state index >= 15 is 0 Å². The highest BCUT2D eigenvalue weighted by Gasteiger charge is 2.64. The number of hydrogen-bond acceptors (Lipinski definition) is 3. The minimum atomic E-state index is -0.899. The van der Waals surface area contributed by atoms with E-state index in [4.69, 9.17) is 0 Å². The number of rotatable bonds is 2. The van der Waals surface area contributed by atoms with Crippen LogP contribution in [0, 0.1) is 28.1 Å². The summed E-state index contributed by atoms with van der Waals surface area (Å²) in [4.78, 5) is 11.9. The topological polar surface area (TPSA) is 57.5 Å². The fourth-order valence-corrected chi connectivity index (χ4v) is 7.24. The van der Waals surface area contributed by atoms with Crippen LogP contribution in [0.25, 0.3) is 0 Å². The summed E-state index contributed by atoms with van der Waals surface area (Å²) in [5.74, 6) is 0.634. The highest BCUT2D eigenvalue weighted by atomic mass is 16.3. The van der Waals surface area contributed by atoms with Gasteiger partial charge in [0.1, 0.15) is 6.29 Å².